The van der Waals surface area contributed by atoms with E-state index in [9.17, 15) is 4.57 Å². The van der Waals surface area contributed by atoms with Crippen LogP contribution in [0.1, 0.15) is 40.0 Å². The smallest absolute Gasteiger partial charge is 0.311 e. The third kappa shape index (κ3) is 7.03. The highest BCUT2D eigenvalue weighted by Gasteiger charge is 2.40. The summed E-state index contributed by atoms with van der Waals surface area (Å²) in [6, 6.07) is 20.6. The number of hydrogen-bond acceptors (Lipinski definition) is 3. The minimum atomic E-state index is -3.30. The van der Waals surface area contributed by atoms with Crippen LogP contribution in [-0.2, 0) is 13.6 Å². The van der Waals surface area contributed by atoms with Gasteiger partial charge in [-0.1, -0.05) is 84.0 Å². The van der Waals surface area contributed by atoms with Gasteiger partial charge in [-0.2, -0.15) is 0 Å². The largest absolute Gasteiger partial charge is 0.338 e. The maximum absolute atomic E-state index is 13.7. The molecule has 2 rings (SSSR count). The summed E-state index contributed by atoms with van der Waals surface area (Å²) in [5, 5.41) is 2.09. The second-order valence-corrected chi connectivity index (χ2v) is 12.8. The van der Waals surface area contributed by atoms with Crippen molar-refractivity contribution in [1.82, 2.24) is 0 Å². The normalized spacial score (nSPS) is 13.3. The van der Waals surface area contributed by atoms with Crippen molar-refractivity contribution in [2.75, 3.05) is 14.2 Å². The van der Waals surface area contributed by atoms with Crippen molar-refractivity contribution in [1.29, 1.82) is 0 Å². The maximum atomic E-state index is 13.7. The minimum absolute atomic E-state index is 0.259. The predicted octanol–water partition coefficient (Wildman–Crippen LogP) is 7.01. The van der Waals surface area contributed by atoms with E-state index in [1.54, 1.807) is 0 Å². The van der Waals surface area contributed by atoms with Crippen molar-refractivity contribution in [2.45, 2.75) is 45.4 Å². The van der Waals surface area contributed by atoms with Gasteiger partial charge in [-0.05, 0) is 58.6 Å². The van der Waals surface area contributed by atoms with Gasteiger partial charge in [0.2, 0.25) is 0 Å². The van der Waals surface area contributed by atoms with Gasteiger partial charge in [-0.25, -0.2) is 0 Å². The van der Waals surface area contributed by atoms with Crippen LogP contribution in [-0.4, -0.2) is 19.6 Å². The average Bonchev–Trinajstić information content (AvgIpc) is 2.77. The van der Waals surface area contributed by atoms with Crippen molar-refractivity contribution < 1.29 is 13.6 Å². The maximum Gasteiger partial charge on any atom is 0.338 e. The third-order valence-electron chi connectivity index (χ3n) is 5.01. The van der Waals surface area contributed by atoms with Gasteiger partial charge in [0.25, 0.3) is 0 Å². The monoisotopic (exact) mass is 444 g/mol. The highest BCUT2D eigenvalue weighted by Crippen LogP contribution is 2.65. The van der Waals surface area contributed by atoms with Crippen LogP contribution in [0, 0.1) is 0 Å². The van der Waals surface area contributed by atoms with Crippen molar-refractivity contribution in [3.8, 4) is 0 Å². The Morgan fingerprint density at radius 2 is 1.40 bits per heavy atom. The molecule has 0 saturated heterocycles. The Hall–Kier alpha value is -1.50. The zero-order valence-corrected chi connectivity index (χ0v) is 20.5. The van der Waals surface area contributed by atoms with Gasteiger partial charge >= 0.3 is 7.60 Å². The van der Waals surface area contributed by atoms with Gasteiger partial charge in [0.05, 0.1) is 5.40 Å². The molecule has 162 valence electrons. The van der Waals surface area contributed by atoms with E-state index >= 15 is 0 Å². The fourth-order valence-corrected chi connectivity index (χ4v) is 9.15. The molecule has 0 saturated carbocycles. The molecule has 3 nitrogen and oxygen atoms in total. The predicted molar refractivity (Wildman–Crippen MR) is 132 cm³/mol. The molecular weight excluding hydrogens is 410 g/mol. The molecule has 0 spiro atoms. The lowest BCUT2D eigenvalue weighted by Gasteiger charge is -2.32. The lowest BCUT2D eigenvalue weighted by atomic mass is 10.1. The zero-order valence-electron chi connectivity index (χ0n) is 18.7. The Balaban J connectivity index is 2.45. The molecule has 1 atom stereocenters. The van der Waals surface area contributed by atoms with Crippen molar-refractivity contribution in [3.63, 3.8) is 0 Å². The summed E-state index contributed by atoms with van der Waals surface area (Å²) in [5.74, 6) is 0. The zero-order chi connectivity index (χ0) is 22.0. The van der Waals surface area contributed by atoms with E-state index in [1.165, 1.54) is 36.0 Å². The van der Waals surface area contributed by atoms with Crippen LogP contribution in [0.2, 0.25) is 0 Å². The van der Waals surface area contributed by atoms with Crippen LogP contribution in [0.15, 0.2) is 84.0 Å². The quantitative estimate of drug-likeness (QED) is 0.276. The summed E-state index contributed by atoms with van der Waals surface area (Å²) >= 11 is 0. The van der Waals surface area contributed by atoms with E-state index in [0.29, 0.717) is 6.42 Å². The lowest BCUT2D eigenvalue weighted by molar-refractivity contribution is 0.273. The molecule has 1 unspecified atom stereocenters. The molecule has 0 bridgehead atoms. The standard InChI is InChI=1S/C25H34O3P2/c1-21(2)13-12-14-22(3)19-20-25(30(26,27-4)28-5)29(23-15-8-6-9-16-23)24-17-10-7-11-18-24/h6-11,13,15-19,25H,12,14,20H2,1-5H3/b22-19+. The molecule has 0 aliphatic carbocycles. The highest BCUT2D eigenvalue weighted by molar-refractivity contribution is 7.83. The van der Waals surface area contributed by atoms with E-state index in [4.69, 9.17) is 9.05 Å². The molecule has 0 amide bonds. The number of allylic oxidation sites excluding steroid dienone is 4. The fraction of sp³-hybridized carbons (Fsp3) is 0.360. The molecule has 0 fully saturated rings. The number of benzene rings is 2. The SMILES string of the molecule is COP(=O)(OC)C(C/C=C(\C)CCC=C(C)C)P(c1ccccc1)c1ccccc1. The van der Waals surface area contributed by atoms with Gasteiger partial charge < -0.3 is 9.05 Å². The third-order valence-corrected chi connectivity index (χ3v) is 11.0. The van der Waals surface area contributed by atoms with Crippen LogP contribution in [0.3, 0.4) is 0 Å². The van der Waals surface area contributed by atoms with Crippen LogP contribution in [0.4, 0.5) is 0 Å². The first-order valence-electron chi connectivity index (χ1n) is 10.3. The van der Waals surface area contributed by atoms with Crippen LogP contribution in [0.25, 0.3) is 0 Å². The summed E-state index contributed by atoms with van der Waals surface area (Å²) in [6.45, 7) is 6.39. The molecule has 0 radical (unpaired) electrons. The topological polar surface area (TPSA) is 35.5 Å². The van der Waals surface area contributed by atoms with Crippen LogP contribution in [0.5, 0.6) is 0 Å². The Morgan fingerprint density at radius 1 is 0.900 bits per heavy atom. The summed E-state index contributed by atoms with van der Waals surface area (Å²) in [5.41, 5.74) is 2.63. The molecule has 0 aromatic heterocycles. The molecule has 0 aliphatic heterocycles. The van der Waals surface area contributed by atoms with Gasteiger partial charge in [0.1, 0.15) is 0 Å². The second kappa shape index (κ2) is 12.4. The molecule has 30 heavy (non-hydrogen) atoms. The van der Waals surface area contributed by atoms with Gasteiger partial charge in [-0.3, -0.25) is 4.57 Å². The Labute approximate surface area is 183 Å². The second-order valence-electron chi connectivity index (χ2n) is 7.53. The van der Waals surface area contributed by atoms with Crippen molar-refractivity contribution >= 4 is 26.1 Å². The van der Waals surface area contributed by atoms with Gasteiger partial charge in [0.15, 0.2) is 0 Å². The van der Waals surface area contributed by atoms with E-state index < -0.39 is 15.5 Å². The number of hydrogen-bond donors (Lipinski definition) is 0. The molecule has 2 aromatic rings. The first kappa shape index (κ1) is 24.8. The van der Waals surface area contributed by atoms with E-state index in [-0.39, 0.29) is 5.40 Å². The van der Waals surface area contributed by atoms with E-state index in [0.717, 1.165) is 12.8 Å². The van der Waals surface area contributed by atoms with Crippen molar-refractivity contribution in [3.05, 3.63) is 84.0 Å². The average molecular weight is 444 g/mol. The van der Waals surface area contributed by atoms with E-state index in [2.05, 4.69) is 57.2 Å². The molecule has 0 heterocycles. The molecule has 5 heteroatoms. The van der Waals surface area contributed by atoms with Crippen molar-refractivity contribution in [2.24, 2.45) is 0 Å². The molecule has 0 aliphatic rings. The van der Waals surface area contributed by atoms with Gasteiger partial charge in [0, 0.05) is 14.2 Å². The summed E-state index contributed by atoms with van der Waals surface area (Å²) < 4.78 is 24.7. The molecule has 0 N–H and O–H groups in total. The number of rotatable bonds is 11. The Bertz CT molecular complexity index is 824. The van der Waals surface area contributed by atoms with Crippen LogP contribution >= 0.6 is 15.5 Å². The first-order chi connectivity index (χ1) is 14.4. The highest BCUT2D eigenvalue weighted by atomic mass is 31.2. The lowest BCUT2D eigenvalue weighted by Crippen LogP contribution is -2.23. The molecule has 2 aromatic carbocycles. The minimum Gasteiger partial charge on any atom is -0.311 e. The summed E-state index contributed by atoms with van der Waals surface area (Å²) in [6.07, 6.45) is 7.14. The fourth-order valence-electron chi connectivity index (χ4n) is 3.36. The summed E-state index contributed by atoms with van der Waals surface area (Å²) in [4.78, 5) is 0. The Morgan fingerprint density at radius 3 is 1.83 bits per heavy atom. The van der Waals surface area contributed by atoms with Gasteiger partial charge in [-0.15, -0.1) is 0 Å². The van der Waals surface area contributed by atoms with E-state index in [1.807, 2.05) is 36.4 Å². The summed E-state index contributed by atoms with van der Waals surface area (Å²) in [7, 11) is -1.26. The molecular formula is C25H34O3P2. The van der Waals surface area contributed by atoms with Crippen LogP contribution < -0.4 is 10.6 Å². The Kier molecular flexibility index (Phi) is 10.2. The first-order valence-corrected chi connectivity index (χ1v) is 13.3.